The number of nitrogens with two attached hydrogens (primary N) is 1. The van der Waals surface area contributed by atoms with E-state index in [2.05, 4.69) is 10.6 Å². The Kier molecular flexibility index (Phi) is 12.0. The SMILES string of the molecule is NCCOCCOCCOCCOCCNC(=O)COC1CCC2c3c(cccc31)C(=O)N2C1CCC(=O)NC1=O. The Morgan fingerprint density at radius 1 is 0.902 bits per heavy atom. The molecule has 1 saturated heterocycles. The molecule has 3 aliphatic rings. The van der Waals surface area contributed by atoms with Crippen molar-refractivity contribution in [2.45, 2.75) is 43.9 Å². The second kappa shape index (κ2) is 15.9. The Bertz CT molecular complexity index is 1070. The highest BCUT2D eigenvalue weighted by Crippen LogP contribution is 2.48. The van der Waals surface area contributed by atoms with Gasteiger partial charge in [-0.05, 0) is 36.5 Å². The minimum Gasteiger partial charge on any atom is -0.378 e. The minimum atomic E-state index is -0.673. The zero-order chi connectivity index (χ0) is 29.0. The third-order valence-electron chi connectivity index (χ3n) is 7.23. The molecule has 41 heavy (non-hydrogen) atoms. The molecule has 0 spiro atoms. The summed E-state index contributed by atoms with van der Waals surface area (Å²) < 4.78 is 27.4. The van der Waals surface area contributed by atoms with Crippen LogP contribution < -0.4 is 16.4 Å². The molecule has 2 aliphatic heterocycles. The standard InChI is InChI=1S/C28H40N4O9/c29-8-10-37-12-14-39-16-17-40-15-13-38-11-9-30-25(34)18-41-23-6-4-21-26-19(23)2-1-3-20(26)28(36)32(21)22-5-7-24(33)31-27(22)35/h1-3,21-23H,4-18,29H2,(H,30,34)(H,31,33,35). The molecule has 0 saturated carbocycles. The van der Waals surface area contributed by atoms with E-state index in [0.717, 1.165) is 11.1 Å². The molecule has 4 rings (SSSR count). The van der Waals surface area contributed by atoms with E-state index in [1.807, 2.05) is 6.07 Å². The largest absolute Gasteiger partial charge is 0.378 e. The third-order valence-corrected chi connectivity index (χ3v) is 7.23. The molecule has 13 nitrogen and oxygen atoms in total. The molecule has 2 heterocycles. The minimum absolute atomic E-state index is 0.121. The van der Waals surface area contributed by atoms with Crippen LogP contribution in [0, 0.1) is 0 Å². The number of benzene rings is 1. The van der Waals surface area contributed by atoms with E-state index < -0.39 is 11.9 Å². The molecule has 1 aliphatic carbocycles. The molecule has 13 heteroatoms. The van der Waals surface area contributed by atoms with Gasteiger partial charge in [0.2, 0.25) is 17.7 Å². The van der Waals surface area contributed by atoms with Crippen LogP contribution in [0.1, 0.15) is 59.3 Å². The number of hydrogen-bond acceptors (Lipinski definition) is 10. The van der Waals surface area contributed by atoms with Crippen molar-refractivity contribution in [2.75, 3.05) is 72.6 Å². The summed E-state index contributed by atoms with van der Waals surface area (Å²) in [5.74, 6) is -1.21. The van der Waals surface area contributed by atoms with Crippen LogP contribution in [0.3, 0.4) is 0 Å². The molecule has 226 valence electrons. The lowest BCUT2D eigenvalue weighted by atomic mass is 9.84. The maximum atomic E-state index is 13.3. The third kappa shape index (κ3) is 8.31. The summed E-state index contributed by atoms with van der Waals surface area (Å²) in [4.78, 5) is 51.4. The summed E-state index contributed by atoms with van der Waals surface area (Å²) in [6, 6.07) is 4.55. The second-order valence-corrected chi connectivity index (χ2v) is 9.97. The van der Waals surface area contributed by atoms with Gasteiger partial charge in [-0.15, -0.1) is 0 Å². The van der Waals surface area contributed by atoms with Gasteiger partial charge in [0.1, 0.15) is 12.6 Å². The molecule has 1 aromatic rings. The Balaban J connectivity index is 1.12. The van der Waals surface area contributed by atoms with Gasteiger partial charge >= 0.3 is 0 Å². The monoisotopic (exact) mass is 576 g/mol. The zero-order valence-corrected chi connectivity index (χ0v) is 23.3. The van der Waals surface area contributed by atoms with Gasteiger partial charge in [0.25, 0.3) is 5.91 Å². The van der Waals surface area contributed by atoms with Crippen molar-refractivity contribution in [3.63, 3.8) is 0 Å². The smallest absolute Gasteiger partial charge is 0.255 e. The lowest BCUT2D eigenvalue weighted by Gasteiger charge is -2.37. The molecule has 1 aromatic carbocycles. The van der Waals surface area contributed by atoms with E-state index in [-0.39, 0.29) is 42.9 Å². The van der Waals surface area contributed by atoms with Gasteiger partial charge in [0, 0.05) is 25.1 Å². The van der Waals surface area contributed by atoms with Gasteiger partial charge in [-0.25, -0.2) is 0 Å². The van der Waals surface area contributed by atoms with Gasteiger partial charge in [-0.2, -0.15) is 0 Å². The van der Waals surface area contributed by atoms with Crippen LogP contribution in [-0.2, 0) is 38.1 Å². The Labute approximate surface area is 239 Å². The first-order valence-electron chi connectivity index (χ1n) is 14.2. The predicted molar refractivity (Wildman–Crippen MR) is 145 cm³/mol. The van der Waals surface area contributed by atoms with Crippen molar-refractivity contribution in [1.82, 2.24) is 15.5 Å². The first-order valence-corrected chi connectivity index (χ1v) is 14.2. The molecule has 1 fully saturated rings. The van der Waals surface area contributed by atoms with Gasteiger partial charge in [0.15, 0.2) is 0 Å². The van der Waals surface area contributed by atoms with Crippen molar-refractivity contribution in [2.24, 2.45) is 5.73 Å². The van der Waals surface area contributed by atoms with Crippen molar-refractivity contribution >= 4 is 23.6 Å². The van der Waals surface area contributed by atoms with E-state index in [9.17, 15) is 19.2 Å². The highest BCUT2D eigenvalue weighted by molar-refractivity contribution is 6.06. The van der Waals surface area contributed by atoms with E-state index in [0.29, 0.717) is 90.8 Å². The van der Waals surface area contributed by atoms with Crippen LogP contribution in [0.25, 0.3) is 0 Å². The average Bonchev–Trinajstić information content (AvgIpc) is 3.25. The second-order valence-electron chi connectivity index (χ2n) is 9.97. The number of carbonyl (C=O) groups is 4. The zero-order valence-electron chi connectivity index (χ0n) is 23.3. The number of carbonyl (C=O) groups excluding carboxylic acids is 4. The van der Waals surface area contributed by atoms with Gasteiger partial charge < -0.3 is 39.6 Å². The number of imide groups is 1. The first kappa shape index (κ1) is 31.0. The van der Waals surface area contributed by atoms with Crippen molar-refractivity contribution in [1.29, 1.82) is 0 Å². The highest BCUT2D eigenvalue weighted by Gasteiger charge is 2.48. The Hall–Kier alpha value is -2.94. The highest BCUT2D eigenvalue weighted by atomic mass is 16.6. The fraction of sp³-hybridized carbons (Fsp3) is 0.643. The number of nitrogens with zero attached hydrogens (tertiary/aromatic N) is 1. The molecule has 0 aromatic heterocycles. The van der Waals surface area contributed by atoms with Gasteiger partial charge in [-0.3, -0.25) is 24.5 Å². The molecule has 4 N–H and O–H groups in total. The van der Waals surface area contributed by atoms with Crippen LogP contribution in [0.5, 0.6) is 0 Å². The topological polar surface area (TPSA) is 168 Å². The summed E-state index contributed by atoms with van der Waals surface area (Å²) in [6.45, 7) is 4.38. The van der Waals surface area contributed by atoms with Gasteiger partial charge in [-0.1, -0.05) is 12.1 Å². The Morgan fingerprint density at radius 3 is 2.27 bits per heavy atom. The maximum Gasteiger partial charge on any atom is 0.255 e. The quantitative estimate of drug-likeness (QED) is 0.160. The van der Waals surface area contributed by atoms with Crippen LogP contribution in [-0.4, -0.2) is 107 Å². The summed E-state index contributed by atoms with van der Waals surface area (Å²) in [5, 5.41) is 5.13. The fourth-order valence-corrected chi connectivity index (χ4v) is 5.40. The van der Waals surface area contributed by atoms with Crippen molar-refractivity contribution in [3.05, 3.63) is 34.9 Å². The van der Waals surface area contributed by atoms with E-state index >= 15 is 0 Å². The van der Waals surface area contributed by atoms with Crippen LogP contribution >= 0.6 is 0 Å². The summed E-state index contributed by atoms with van der Waals surface area (Å²) >= 11 is 0. The summed E-state index contributed by atoms with van der Waals surface area (Å²) in [6.07, 6.45) is 1.39. The molecular formula is C28H40N4O9. The molecule has 0 radical (unpaired) electrons. The molecular weight excluding hydrogens is 536 g/mol. The normalized spacial score (nSPS) is 21.6. The molecule has 3 atom stereocenters. The van der Waals surface area contributed by atoms with E-state index in [1.54, 1.807) is 17.0 Å². The van der Waals surface area contributed by atoms with Crippen LogP contribution in [0.15, 0.2) is 18.2 Å². The van der Waals surface area contributed by atoms with Gasteiger partial charge in [0.05, 0.1) is 65.0 Å². The van der Waals surface area contributed by atoms with Crippen LogP contribution in [0.4, 0.5) is 0 Å². The average molecular weight is 577 g/mol. The molecule has 3 unspecified atom stereocenters. The predicted octanol–water partition coefficient (Wildman–Crippen LogP) is -0.0185. The number of ether oxygens (including phenoxy) is 5. The Morgan fingerprint density at radius 2 is 1.59 bits per heavy atom. The van der Waals surface area contributed by atoms with E-state index in [4.69, 9.17) is 29.4 Å². The van der Waals surface area contributed by atoms with Crippen molar-refractivity contribution < 1.29 is 42.9 Å². The maximum absolute atomic E-state index is 13.3. The number of hydrogen-bond donors (Lipinski definition) is 3. The lowest BCUT2D eigenvalue weighted by molar-refractivity contribution is -0.137. The summed E-state index contributed by atoms with van der Waals surface area (Å²) in [7, 11) is 0. The fourth-order valence-electron chi connectivity index (χ4n) is 5.40. The number of rotatable bonds is 18. The number of piperidine rings is 1. The van der Waals surface area contributed by atoms with Crippen molar-refractivity contribution in [3.8, 4) is 0 Å². The number of nitrogens with one attached hydrogen (secondary N) is 2. The molecule has 4 amide bonds. The first-order chi connectivity index (χ1) is 20.0. The van der Waals surface area contributed by atoms with Crippen LogP contribution in [0.2, 0.25) is 0 Å². The summed E-state index contributed by atoms with van der Waals surface area (Å²) in [5.41, 5.74) is 7.61. The molecule has 0 bridgehead atoms. The number of amides is 4. The van der Waals surface area contributed by atoms with E-state index in [1.165, 1.54) is 0 Å². The lowest BCUT2D eigenvalue weighted by Crippen LogP contribution is -2.53.